The van der Waals surface area contributed by atoms with Gasteiger partial charge in [-0.05, 0) is 98.1 Å². The lowest BCUT2D eigenvalue weighted by Gasteiger charge is -2.21. The minimum absolute atomic E-state index is 0.0933. The van der Waals surface area contributed by atoms with Crippen molar-refractivity contribution in [3.05, 3.63) is 59.7 Å². The molecule has 0 amide bonds. The van der Waals surface area contributed by atoms with E-state index in [0.717, 1.165) is 37.3 Å². The number of carbonyl (C=O) groups excluding carboxylic acids is 1. The van der Waals surface area contributed by atoms with Gasteiger partial charge in [0, 0.05) is 47.1 Å². The number of rotatable bonds is 18. The van der Waals surface area contributed by atoms with Crippen LogP contribution >= 0.6 is 23.9 Å². The molecule has 2 aromatic rings. The molecule has 2 aromatic carbocycles. The Morgan fingerprint density at radius 3 is 1.12 bits per heavy atom. The van der Waals surface area contributed by atoms with Gasteiger partial charge in [-0.25, -0.2) is 8.61 Å². The van der Waals surface area contributed by atoms with Crippen molar-refractivity contribution in [3.63, 3.8) is 0 Å². The van der Waals surface area contributed by atoms with Crippen LogP contribution in [0.1, 0.15) is 95.0 Å². The summed E-state index contributed by atoms with van der Waals surface area (Å²) in [5.74, 6) is 0.0933. The Hall–Kier alpha value is -1.27. The van der Waals surface area contributed by atoms with E-state index in [9.17, 15) is 4.79 Å². The number of unbranched alkanes of at least 4 members (excludes halogenated alkanes) is 4. The van der Waals surface area contributed by atoms with Crippen LogP contribution in [0.5, 0.6) is 0 Å². The summed E-state index contributed by atoms with van der Waals surface area (Å²) < 4.78 is 4.93. The molecule has 0 radical (unpaired) electrons. The molecule has 34 heavy (non-hydrogen) atoms. The van der Waals surface area contributed by atoms with Crippen LogP contribution in [0.2, 0.25) is 0 Å². The van der Waals surface area contributed by atoms with Crippen molar-refractivity contribution in [1.82, 2.24) is 8.61 Å². The van der Waals surface area contributed by atoms with Crippen molar-refractivity contribution in [2.75, 3.05) is 26.2 Å². The maximum Gasteiger partial charge on any atom is 0.193 e. The normalized spacial score (nSPS) is 11.5. The standard InChI is InChI=1S/C29H44N2OS2/c1-5-9-21-30(22-10-6-2)33-27-17-13-25(14-18-27)29(32)26-15-19-28(20-16-26)34-31(23-11-7-3)24-12-8-4/h13-20H,5-12,21-24H2,1-4H3. The topological polar surface area (TPSA) is 23.6 Å². The van der Waals surface area contributed by atoms with Crippen LogP contribution in [-0.2, 0) is 0 Å². The van der Waals surface area contributed by atoms with Gasteiger partial charge in [0.2, 0.25) is 0 Å². The highest BCUT2D eigenvalue weighted by Crippen LogP contribution is 2.26. The molecule has 2 rings (SSSR count). The van der Waals surface area contributed by atoms with Gasteiger partial charge in [0.05, 0.1) is 0 Å². The van der Waals surface area contributed by atoms with E-state index in [1.54, 1.807) is 0 Å². The van der Waals surface area contributed by atoms with Crippen LogP contribution in [0.3, 0.4) is 0 Å². The third kappa shape index (κ3) is 10.6. The van der Waals surface area contributed by atoms with Gasteiger partial charge in [-0.3, -0.25) is 4.79 Å². The Kier molecular flexibility index (Phi) is 14.7. The molecule has 0 spiro atoms. The lowest BCUT2D eigenvalue weighted by molar-refractivity contribution is 0.103. The Labute approximate surface area is 217 Å². The number of nitrogens with zero attached hydrogens (tertiary/aromatic N) is 2. The second-order valence-corrected chi connectivity index (χ2v) is 11.2. The summed E-state index contributed by atoms with van der Waals surface area (Å²) >= 11 is 3.64. The second-order valence-electron chi connectivity index (χ2n) is 8.83. The van der Waals surface area contributed by atoms with Gasteiger partial charge in [-0.15, -0.1) is 0 Å². The van der Waals surface area contributed by atoms with Gasteiger partial charge in [0.25, 0.3) is 0 Å². The van der Waals surface area contributed by atoms with Crippen LogP contribution < -0.4 is 0 Å². The molecule has 188 valence electrons. The molecular formula is C29H44N2OS2. The number of benzene rings is 2. The maximum absolute atomic E-state index is 13.0. The average molecular weight is 501 g/mol. The molecule has 0 unspecified atom stereocenters. The molecule has 5 heteroatoms. The summed E-state index contributed by atoms with van der Waals surface area (Å²) in [6.07, 6.45) is 9.72. The van der Waals surface area contributed by atoms with Gasteiger partial charge in [-0.2, -0.15) is 0 Å². The van der Waals surface area contributed by atoms with E-state index in [1.165, 1.54) is 61.2 Å². The number of carbonyl (C=O) groups is 1. The predicted molar refractivity (Wildman–Crippen MR) is 151 cm³/mol. The van der Waals surface area contributed by atoms with Crippen LogP contribution in [0.25, 0.3) is 0 Å². The number of ketones is 1. The first-order valence-electron chi connectivity index (χ1n) is 13.2. The second kappa shape index (κ2) is 17.2. The van der Waals surface area contributed by atoms with E-state index in [0.29, 0.717) is 0 Å². The minimum Gasteiger partial charge on any atom is -0.289 e. The molecule has 0 aromatic heterocycles. The number of hydrogen-bond acceptors (Lipinski definition) is 5. The highest BCUT2D eigenvalue weighted by molar-refractivity contribution is 7.97. The molecule has 0 aliphatic heterocycles. The molecule has 0 heterocycles. The first kappa shape index (κ1) is 29.0. The fourth-order valence-corrected chi connectivity index (χ4v) is 5.54. The quantitative estimate of drug-likeness (QED) is 0.150. The van der Waals surface area contributed by atoms with Gasteiger partial charge in [0.1, 0.15) is 0 Å². The SMILES string of the molecule is CCCCN(CCCC)Sc1ccc(C(=O)c2ccc(SN(CCCC)CCCC)cc2)cc1. The third-order valence-corrected chi connectivity index (χ3v) is 7.96. The Morgan fingerprint density at radius 1 is 0.559 bits per heavy atom. The smallest absolute Gasteiger partial charge is 0.193 e. The molecule has 0 bridgehead atoms. The summed E-state index contributed by atoms with van der Waals surface area (Å²) in [7, 11) is 0. The predicted octanol–water partition coefficient (Wildman–Crippen LogP) is 8.74. The average Bonchev–Trinajstić information content (AvgIpc) is 2.87. The zero-order valence-corrected chi connectivity index (χ0v) is 23.4. The highest BCUT2D eigenvalue weighted by Gasteiger charge is 2.12. The fourth-order valence-electron chi connectivity index (χ4n) is 3.54. The monoisotopic (exact) mass is 500 g/mol. The first-order valence-corrected chi connectivity index (χ1v) is 14.8. The summed E-state index contributed by atoms with van der Waals surface area (Å²) in [4.78, 5) is 15.5. The minimum atomic E-state index is 0.0933. The molecule has 0 fully saturated rings. The van der Waals surface area contributed by atoms with Crippen LogP contribution in [0.4, 0.5) is 0 Å². The molecule has 0 aliphatic carbocycles. The van der Waals surface area contributed by atoms with Crippen molar-refractivity contribution >= 4 is 29.7 Å². The summed E-state index contributed by atoms with van der Waals surface area (Å²) in [6, 6.07) is 16.3. The zero-order chi connectivity index (χ0) is 24.6. The zero-order valence-electron chi connectivity index (χ0n) is 21.7. The molecule has 0 N–H and O–H groups in total. The first-order chi connectivity index (χ1) is 16.6. The molecule has 3 nitrogen and oxygen atoms in total. The van der Waals surface area contributed by atoms with E-state index in [4.69, 9.17) is 0 Å². The maximum atomic E-state index is 13.0. The summed E-state index contributed by atoms with van der Waals surface area (Å²) in [6.45, 7) is 13.4. The van der Waals surface area contributed by atoms with E-state index in [1.807, 2.05) is 48.2 Å². The van der Waals surface area contributed by atoms with E-state index in [-0.39, 0.29) is 5.78 Å². The van der Waals surface area contributed by atoms with Gasteiger partial charge in [-0.1, -0.05) is 53.4 Å². The van der Waals surface area contributed by atoms with Crippen LogP contribution in [0, 0.1) is 0 Å². The lowest BCUT2D eigenvalue weighted by Crippen LogP contribution is -2.18. The van der Waals surface area contributed by atoms with E-state index >= 15 is 0 Å². The van der Waals surface area contributed by atoms with Crippen molar-refractivity contribution in [3.8, 4) is 0 Å². The van der Waals surface area contributed by atoms with Gasteiger partial charge in [0.15, 0.2) is 5.78 Å². The van der Waals surface area contributed by atoms with Crippen LogP contribution in [-0.4, -0.2) is 40.6 Å². The highest BCUT2D eigenvalue weighted by atomic mass is 32.2. The third-order valence-electron chi connectivity index (χ3n) is 5.75. The van der Waals surface area contributed by atoms with Crippen molar-refractivity contribution in [2.45, 2.75) is 88.9 Å². The van der Waals surface area contributed by atoms with Gasteiger partial charge < -0.3 is 0 Å². The van der Waals surface area contributed by atoms with Crippen molar-refractivity contribution in [1.29, 1.82) is 0 Å². The Balaban J connectivity index is 1.98. The fraction of sp³-hybridized carbons (Fsp3) is 0.552. The molecular weight excluding hydrogens is 456 g/mol. The summed E-state index contributed by atoms with van der Waals surface area (Å²) in [5.41, 5.74) is 1.51. The number of hydrogen-bond donors (Lipinski definition) is 0. The molecule has 0 saturated carbocycles. The Bertz CT molecular complexity index is 724. The van der Waals surface area contributed by atoms with Crippen molar-refractivity contribution in [2.24, 2.45) is 0 Å². The summed E-state index contributed by atoms with van der Waals surface area (Å²) in [5, 5.41) is 0. The largest absolute Gasteiger partial charge is 0.289 e. The molecule has 0 aliphatic rings. The molecule has 0 saturated heterocycles. The van der Waals surface area contributed by atoms with Gasteiger partial charge >= 0.3 is 0 Å². The molecule has 0 atom stereocenters. The van der Waals surface area contributed by atoms with E-state index in [2.05, 4.69) is 60.6 Å². The van der Waals surface area contributed by atoms with Crippen molar-refractivity contribution < 1.29 is 4.79 Å². The van der Waals surface area contributed by atoms with E-state index < -0.39 is 0 Å². The van der Waals surface area contributed by atoms with Crippen LogP contribution in [0.15, 0.2) is 58.3 Å². The lowest BCUT2D eigenvalue weighted by atomic mass is 10.0. The Morgan fingerprint density at radius 2 is 0.853 bits per heavy atom.